The number of nitrogens with zero attached hydrogens (tertiary/aromatic N) is 2. The number of aromatic nitrogens is 3. The maximum atomic E-state index is 12.8. The molecule has 0 saturated heterocycles. The Kier molecular flexibility index (Phi) is 3.83. The van der Waals surface area contributed by atoms with E-state index in [-0.39, 0.29) is 0 Å². The summed E-state index contributed by atoms with van der Waals surface area (Å²) in [4.78, 5) is 0. The molecule has 0 bridgehead atoms. The third-order valence-corrected chi connectivity index (χ3v) is 4.47. The number of alkyl halides is 3. The summed E-state index contributed by atoms with van der Waals surface area (Å²) < 4.78 is 40.4. The number of fused-ring (bicyclic) bond motifs is 1. The van der Waals surface area contributed by atoms with Gasteiger partial charge in [-0.1, -0.05) is 24.3 Å². The fourth-order valence-electron chi connectivity index (χ4n) is 3.05. The number of aromatic amines is 1. The van der Waals surface area contributed by atoms with Gasteiger partial charge in [-0.2, -0.15) is 18.3 Å². The molecule has 0 atom stereocenters. The molecule has 131 valence electrons. The molecular weight excluding hydrogens is 339 g/mol. The third kappa shape index (κ3) is 2.98. The Labute approximate surface area is 148 Å². The molecule has 0 aliphatic carbocycles. The molecular formula is C20H15F3N3. The molecule has 0 fully saturated rings. The van der Waals surface area contributed by atoms with E-state index in [9.17, 15) is 13.2 Å². The van der Waals surface area contributed by atoms with Gasteiger partial charge in [0, 0.05) is 29.4 Å². The molecule has 3 nitrogen and oxygen atoms in total. The largest absolute Gasteiger partial charge is 0.416 e. The van der Waals surface area contributed by atoms with E-state index in [0.717, 1.165) is 45.6 Å². The van der Waals surface area contributed by atoms with Crippen molar-refractivity contribution < 1.29 is 13.2 Å². The van der Waals surface area contributed by atoms with Gasteiger partial charge >= 0.3 is 6.18 Å². The quantitative estimate of drug-likeness (QED) is 0.538. The summed E-state index contributed by atoms with van der Waals surface area (Å²) in [6, 6.07) is 16.2. The van der Waals surface area contributed by atoms with Crippen LogP contribution in [0, 0.1) is 13.0 Å². The van der Waals surface area contributed by atoms with Crippen LogP contribution in [0.15, 0.2) is 54.7 Å². The molecule has 0 saturated carbocycles. The molecule has 0 unspecified atom stereocenters. The van der Waals surface area contributed by atoms with Crippen LogP contribution >= 0.6 is 0 Å². The molecule has 0 aliphatic heterocycles. The van der Waals surface area contributed by atoms with Gasteiger partial charge in [-0.15, -0.1) is 0 Å². The van der Waals surface area contributed by atoms with E-state index in [1.165, 1.54) is 12.1 Å². The number of H-pyrrole nitrogens is 1. The van der Waals surface area contributed by atoms with Gasteiger partial charge in [0.2, 0.25) is 0 Å². The second kappa shape index (κ2) is 6.05. The Morgan fingerprint density at radius 3 is 2.62 bits per heavy atom. The number of hydrogen-bond acceptors (Lipinski definition) is 1. The maximum absolute atomic E-state index is 12.8. The zero-order chi connectivity index (χ0) is 18.3. The topological polar surface area (TPSA) is 33.6 Å². The van der Waals surface area contributed by atoms with Crippen LogP contribution in [0.25, 0.3) is 22.2 Å². The Balaban J connectivity index is 1.69. The van der Waals surface area contributed by atoms with E-state index in [0.29, 0.717) is 6.54 Å². The molecule has 2 heterocycles. The summed E-state index contributed by atoms with van der Waals surface area (Å²) in [5.74, 6) is 0. The lowest BCUT2D eigenvalue weighted by Crippen LogP contribution is -2.05. The highest BCUT2D eigenvalue weighted by Gasteiger charge is 2.30. The number of hydrogen-bond donors (Lipinski definition) is 1. The number of aryl methyl sites for hydroxylation is 1. The lowest BCUT2D eigenvalue weighted by Gasteiger charge is -2.13. The molecule has 0 spiro atoms. The molecule has 6 heteroatoms. The van der Waals surface area contributed by atoms with Crippen molar-refractivity contribution in [1.29, 1.82) is 0 Å². The van der Waals surface area contributed by atoms with Gasteiger partial charge in [0.1, 0.15) is 0 Å². The molecule has 0 amide bonds. The Bertz CT molecular complexity index is 1060. The van der Waals surface area contributed by atoms with Crippen LogP contribution in [0.1, 0.15) is 16.8 Å². The molecule has 2 aromatic heterocycles. The first-order valence-electron chi connectivity index (χ1n) is 8.09. The van der Waals surface area contributed by atoms with Crippen LogP contribution in [-0.4, -0.2) is 14.8 Å². The van der Waals surface area contributed by atoms with Crippen molar-refractivity contribution in [1.82, 2.24) is 14.8 Å². The number of nitrogens with one attached hydrogen (secondary N) is 1. The fraction of sp³-hybridized carbons (Fsp3) is 0.150. The number of halogens is 3. The third-order valence-electron chi connectivity index (χ3n) is 4.47. The van der Waals surface area contributed by atoms with Crippen LogP contribution in [0.3, 0.4) is 0 Å². The minimum absolute atomic E-state index is 0.598. The van der Waals surface area contributed by atoms with E-state index >= 15 is 0 Å². The predicted octanol–water partition coefficient (Wildman–Crippen LogP) is 5.21. The first-order valence-corrected chi connectivity index (χ1v) is 8.09. The average molecular weight is 354 g/mol. The van der Waals surface area contributed by atoms with Gasteiger partial charge in [-0.05, 0) is 42.3 Å². The van der Waals surface area contributed by atoms with Crippen LogP contribution in [0.2, 0.25) is 0 Å². The fourth-order valence-corrected chi connectivity index (χ4v) is 3.05. The minimum Gasteiger partial charge on any atom is -0.340 e. The van der Waals surface area contributed by atoms with Crippen molar-refractivity contribution in [2.75, 3.05) is 0 Å². The normalized spacial score (nSPS) is 12.0. The molecule has 1 radical (unpaired) electrons. The summed E-state index contributed by atoms with van der Waals surface area (Å²) in [5, 5.41) is 8.00. The molecule has 4 aromatic rings. The second-order valence-corrected chi connectivity index (χ2v) is 6.21. The van der Waals surface area contributed by atoms with Crippen molar-refractivity contribution in [2.24, 2.45) is 0 Å². The van der Waals surface area contributed by atoms with E-state index in [2.05, 4.69) is 16.3 Å². The summed E-state index contributed by atoms with van der Waals surface area (Å²) in [6.07, 6.45) is -2.57. The SMILES string of the molecule is Cc1[c]cc(-c2ccc(C(F)(F)F)cc2)n1Cc1ccc2cn[nH]c2c1. The highest BCUT2D eigenvalue weighted by molar-refractivity contribution is 5.78. The minimum atomic E-state index is -4.33. The molecule has 2 aromatic carbocycles. The summed E-state index contributed by atoms with van der Waals surface area (Å²) >= 11 is 0. The van der Waals surface area contributed by atoms with Crippen molar-refractivity contribution >= 4 is 10.9 Å². The Hall–Kier alpha value is -3.02. The lowest BCUT2D eigenvalue weighted by atomic mass is 10.1. The Morgan fingerprint density at radius 1 is 1.12 bits per heavy atom. The average Bonchev–Trinajstić information content (AvgIpc) is 3.21. The molecule has 0 aliphatic rings. The van der Waals surface area contributed by atoms with Crippen LogP contribution in [-0.2, 0) is 12.7 Å². The summed E-state index contributed by atoms with van der Waals surface area (Å²) in [7, 11) is 0. The van der Waals surface area contributed by atoms with E-state index in [4.69, 9.17) is 0 Å². The van der Waals surface area contributed by atoms with Gasteiger partial charge < -0.3 is 4.57 Å². The lowest BCUT2D eigenvalue weighted by molar-refractivity contribution is -0.137. The van der Waals surface area contributed by atoms with Crippen molar-refractivity contribution in [3.05, 3.63) is 77.6 Å². The van der Waals surface area contributed by atoms with Gasteiger partial charge in [0.05, 0.1) is 17.3 Å². The van der Waals surface area contributed by atoms with Crippen LogP contribution in [0.5, 0.6) is 0 Å². The van der Waals surface area contributed by atoms with Crippen molar-refractivity contribution in [2.45, 2.75) is 19.6 Å². The van der Waals surface area contributed by atoms with Gasteiger partial charge in [0.15, 0.2) is 0 Å². The van der Waals surface area contributed by atoms with Crippen molar-refractivity contribution in [3.63, 3.8) is 0 Å². The first kappa shape index (κ1) is 16.4. The number of rotatable bonds is 3. The first-order chi connectivity index (χ1) is 12.4. The maximum Gasteiger partial charge on any atom is 0.416 e. The highest BCUT2D eigenvalue weighted by atomic mass is 19.4. The monoisotopic (exact) mass is 354 g/mol. The smallest absolute Gasteiger partial charge is 0.340 e. The zero-order valence-electron chi connectivity index (χ0n) is 13.9. The standard InChI is InChI=1S/C20H15F3N3/c1-13-2-9-19(15-5-7-17(8-6-15)20(21,22)23)26(13)12-14-3-4-16-11-24-25-18(16)10-14/h3-11H,12H2,1H3,(H,24,25). The summed E-state index contributed by atoms with van der Waals surface area (Å²) in [6.45, 7) is 2.53. The summed E-state index contributed by atoms with van der Waals surface area (Å²) in [5.41, 5.74) is 3.86. The van der Waals surface area contributed by atoms with Crippen LogP contribution < -0.4 is 0 Å². The van der Waals surface area contributed by atoms with Gasteiger partial charge in [-0.3, -0.25) is 5.10 Å². The van der Waals surface area contributed by atoms with Gasteiger partial charge in [-0.25, -0.2) is 0 Å². The van der Waals surface area contributed by atoms with Crippen molar-refractivity contribution in [3.8, 4) is 11.3 Å². The number of benzene rings is 2. The predicted molar refractivity (Wildman–Crippen MR) is 93.6 cm³/mol. The molecule has 26 heavy (non-hydrogen) atoms. The van der Waals surface area contributed by atoms with Crippen LogP contribution in [0.4, 0.5) is 13.2 Å². The second-order valence-electron chi connectivity index (χ2n) is 6.21. The zero-order valence-corrected chi connectivity index (χ0v) is 13.9. The molecule has 1 N–H and O–H groups in total. The van der Waals surface area contributed by atoms with Gasteiger partial charge in [0.25, 0.3) is 0 Å². The van der Waals surface area contributed by atoms with E-state index < -0.39 is 11.7 Å². The molecule has 4 rings (SSSR count). The van der Waals surface area contributed by atoms with E-state index in [1.807, 2.05) is 35.8 Å². The highest BCUT2D eigenvalue weighted by Crippen LogP contribution is 2.31. The van der Waals surface area contributed by atoms with E-state index in [1.54, 1.807) is 6.20 Å². The Morgan fingerprint density at radius 2 is 1.88 bits per heavy atom.